The number of benzene rings is 1. The van der Waals surface area contributed by atoms with E-state index >= 15 is 0 Å². The van der Waals surface area contributed by atoms with E-state index in [1.165, 1.54) is 0 Å². The van der Waals surface area contributed by atoms with Crippen LogP contribution < -0.4 is 5.32 Å². The van der Waals surface area contributed by atoms with Crippen LogP contribution in [0.25, 0.3) is 0 Å². The second-order valence-corrected chi connectivity index (χ2v) is 5.89. The third kappa shape index (κ3) is 4.32. The average molecular weight is 276 g/mol. The van der Waals surface area contributed by atoms with E-state index in [0.717, 1.165) is 24.9 Å². The Morgan fingerprint density at radius 3 is 2.65 bits per heavy atom. The minimum absolute atomic E-state index is 0.0302. The van der Waals surface area contributed by atoms with Gasteiger partial charge in [-0.05, 0) is 38.3 Å². The molecule has 0 aliphatic heterocycles. The van der Waals surface area contributed by atoms with Gasteiger partial charge in [0, 0.05) is 6.54 Å². The van der Waals surface area contributed by atoms with Gasteiger partial charge in [-0.25, -0.2) is 0 Å². The summed E-state index contributed by atoms with van der Waals surface area (Å²) in [6, 6.07) is 9.99. The molecule has 1 saturated carbocycles. The first-order chi connectivity index (χ1) is 9.54. The van der Waals surface area contributed by atoms with Crippen LogP contribution in [0.4, 0.5) is 0 Å². The molecule has 4 nitrogen and oxygen atoms in total. The average Bonchev–Trinajstić information content (AvgIpc) is 2.37. The van der Waals surface area contributed by atoms with E-state index in [-0.39, 0.29) is 18.1 Å². The second kappa shape index (κ2) is 6.86. The molecule has 0 bridgehead atoms. The van der Waals surface area contributed by atoms with Crippen LogP contribution in [0.3, 0.4) is 0 Å². The number of amides is 1. The number of hydrogen-bond donors (Lipinski definition) is 2. The molecule has 0 aromatic heterocycles. The zero-order valence-corrected chi connectivity index (χ0v) is 12.2. The van der Waals surface area contributed by atoms with Crippen LogP contribution in [0.2, 0.25) is 0 Å². The van der Waals surface area contributed by atoms with Crippen molar-refractivity contribution >= 4 is 5.91 Å². The number of nitrogens with zero attached hydrogens (tertiary/aromatic N) is 1. The van der Waals surface area contributed by atoms with Crippen LogP contribution in [-0.4, -0.2) is 42.2 Å². The molecule has 2 N–H and O–H groups in total. The Hall–Kier alpha value is -1.39. The number of hydrogen-bond acceptors (Lipinski definition) is 3. The van der Waals surface area contributed by atoms with Crippen LogP contribution in [0, 0.1) is 5.92 Å². The van der Waals surface area contributed by atoms with Crippen molar-refractivity contribution in [2.75, 3.05) is 20.1 Å². The van der Waals surface area contributed by atoms with Crippen molar-refractivity contribution in [2.45, 2.75) is 31.9 Å². The number of aliphatic hydroxyl groups excluding tert-OH is 1. The van der Waals surface area contributed by atoms with E-state index < -0.39 is 0 Å². The molecule has 1 aliphatic rings. The van der Waals surface area contributed by atoms with Gasteiger partial charge in [0.25, 0.3) is 0 Å². The van der Waals surface area contributed by atoms with Crippen molar-refractivity contribution < 1.29 is 9.90 Å². The summed E-state index contributed by atoms with van der Waals surface area (Å²) in [5, 5.41) is 12.3. The van der Waals surface area contributed by atoms with Crippen LogP contribution >= 0.6 is 0 Å². The lowest BCUT2D eigenvalue weighted by atomic mass is 9.82. The molecule has 1 aromatic carbocycles. The number of carbonyl (C=O) groups excluding carboxylic acids is 1. The van der Waals surface area contributed by atoms with Gasteiger partial charge in [0.15, 0.2) is 0 Å². The number of carbonyl (C=O) groups is 1. The predicted octanol–water partition coefficient (Wildman–Crippen LogP) is 1.57. The van der Waals surface area contributed by atoms with Gasteiger partial charge >= 0.3 is 0 Å². The van der Waals surface area contributed by atoms with Crippen molar-refractivity contribution in [2.24, 2.45) is 5.92 Å². The summed E-state index contributed by atoms with van der Waals surface area (Å²) in [4.78, 5) is 14.0. The number of aliphatic hydroxyl groups is 1. The molecule has 2 rings (SSSR count). The first-order valence-corrected chi connectivity index (χ1v) is 7.25. The molecule has 20 heavy (non-hydrogen) atoms. The van der Waals surface area contributed by atoms with Crippen LogP contribution in [-0.2, 0) is 4.79 Å². The molecule has 1 amide bonds. The third-order valence-corrected chi connectivity index (χ3v) is 3.87. The molecule has 0 saturated heterocycles. The zero-order chi connectivity index (χ0) is 14.5. The molecular formula is C16H24N2O2. The monoisotopic (exact) mass is 276 g/mol. The Kier molecular flexibility index (Phi) is 5.15. The molecule has 4 heteroatoms. The Morgan fingerprint density at radius 2 is 2.05 bits per heavy atom. The maximum absolute atomic E-state index is 12.0. The molecule has 0 heterocycles. The first-order valence-electron chi connectivity index (χ1n) is 7.25. The van der Waals surface area contributed by atoms with Crippen molar-refractivity contribution in [3.63, 3.8) is 0 Å². The van der Waals surface area contributed by atoms with Crippen molar-refractivity contribution in [3.8, 4) is 0 Å². The quantitative estimate of drug-likeness (QED) is 0.829. The number of rotatable bonds is 6. The Morgan fingerprint density at radius 1 is 1.40 bits per heavy atom. The fraction of sp³-hybridized carbons (Fsp3) is 0.562. The van der Waals surface area contributed by atoms with E-state index in [4.69, 9.17) is 0 Å². The van der Waals surface area contributed by atoms with Gasteiger partial charge in [0.05, 0.1) is 18.7 Å². The summed E-state index contributed by atoms with van der Waals surface area (Å²) < 4.78 is 0. The summed E-state index contributed by atoms with van der Waals surface area (Å²) in [6.07, 6.45) is 1.61. The highest BCUT2D eigenvalue weighted by molar-refractivity contribution is 5.78. The Bertz CT molecular complexity index is 429. The van der Waals surface area contributed by atoms with E-state index in [1.54, 1.807) is 0 Å². The molecule has 1 unspecified atom stereocenters. The van der Waals surface area contributed by atoms with Gasteiger partial charge in [0.1, 0.15) is 0 Å². The summed E-state index contributed by atoms with van der Waals surface area (Å²) >= 11 is 0. The van der Waals surface area contributed by atoms with Crippen LogP contribution in [0.15, 0.2) is 30.3 Å². The molecule has 1 atom stereocenters. The first kappa shape index (κ1) is 15.0. The van der Waals surface area contributed by atoms with E-state index in [2.05, 4.69) is 5.32 Å². The molecule has 0 spiro atoms. The van der Waals surface area contributed by atoms with E-state index in [1.807, 2.05) is 49.2 Å². The standard InChI is InChI=1S/C16H24N2O2/c1-12(14-6-4-3-5-7-14)17-16(20)11-18(2)10-13-8-15(19)9-13/h3-7,12-13,15,19H,8-11H2,1-2H3,(H,17,20). The largest absolute Gasteiger partial charge is 0.393 e. The van der Waals surface area contributed by atoms with Gasteiger partial charge in [-0.2, -0.15) is 0 Å². The Balaban J connectivity index is 1.72. The predicted molar refractivity (Wildman–Crippen MR) is 79.2 cm³/mol. The normalized spacial score (nSPS) is 23.2. The molecule has 1 fully saturated rings. The maximum atomic E-state index is 12.0. The summed E-state index contributed by atoms with van der Waals surface area (Å²) in [7, 11) is 1.96. The van der Waals surface area contributed by atoms with Crippen molar-refractivity contribution in [1.29, 1.82) is 0 Å². The summed E-state index contributed by atoms with van der Waals surface area (Å²) in [5.41, 5.74) is 1.12. The van der Waals surface area contributed by atoms with Crippen molar-refractivity contribution in [3.05, 3.63) is 35.9 Å². The molecule has 110 valence electrons. The van der Waals surface area contributed by atoms with Crippen LogP contribution in [0.5, 0.6) is 0 Å². The fourth-order valence-corrected chi connectivity index (χ4v) is 2.71. The van der Waals surface area contributed by atoms with Gasteiger partial charge in [-0.3, -0.25) is 9.69 Å². The second-order valence-electron chi connectivity index (χ2n) is 5.89. The number of likely N-dealkylation sites (N-methyl/N-ethyl adjacent to an activating group) is 1. The molecule has 1 aromatic rings. The van der Waals surface area contributed by atoms with Gasteiger partial charge in [-0.15, -0.1) is 0 Å². The van der Waals surface area contributed by atoms with Crippen molar-refractivity contribution in [1.82, 2.24) is 10.2 Å². The minimum Gasteiger partial charge on any atom is -0.393 e. The SMILES string of the molecule is CC(NC(=O)CN(C)CC1CC(O)C1)c1ccccc1. The fourth-order valence-electron chi connectivity index (χ4n) is 2.71. The zero-order valence-electron chi connectivity index (χ0n) is 12.2. The lowest BCUT2D eigenvalue weighted by Crippen LogP contribution is -2.42. The third-order valence-electron chi connectivity index (χ3n) is 3.87. The highest BCUT2D eigenvalue weighted by atomic mass is 16.3. The lowest BCUT2D eigenvalue weighted by molar-refractivity contribution is -0.122. The minimum atomic E-state index is -0.125. The molecular weight excluding hydrogens is 252 g/mol. The molecule has 1 aliphatic carbocycles. The van der Waals surface area contributed by atoms with E-state index in [0.29, 0.717) is 12.5 Å². The van der Waals surface area contributed by atoms with Gasteiger partial charge in [0.2, 0.25) is 5.91 Å². The maximum Gasteiger partial charge on any atom is 0.234 e. The highest BCUT2D eigenvalue weighted by Gasteiger charge is 2.28. The summed E-state index contributed by atoms with van der Waals surface area (Å²) in [6.45, 7) is 3.28. The van der Waals surface area contributed by atoms with Gasteiger partial charge < -0.3 is 10.4 Å². The summed E-state index contributed by atoms with van der Waals surface area (Å²) in [5.74, 6) is 0.582. The van der Waals surface area contributed by atoms with Gasteiger partial charge in [-0.1, -0.05) is 30.3 Å². The smallest absolute Gasteiger partial charge is 0.234 e. The number of nitrogens with one attached hydrogen (secondary N) is 1. The lowest BCUT2D eigenvalue weighted by Gasteiger charge is -2.34. The van der Waals surface area contributed by atoms with E-state index in [9.17, 15) is 9.90 Å². The molecule has 0 radical (unpaired) electrons. The topological polar surface area (TPSA) is 52.6 Å². The van der Waals surface area contributed by atoms with Crippen LogP contribution in [0.1, 0.15) is 31.4 Å². The highest BCUT2D eigenvalue weighted by Crippen LogP contribution is 2.27. The Labute approximate surface area is 120 Å².